The van der Waals surface area contributed by atoms with E-state index in [0.29, 0.717) is 10.8 Å². The number of fused-ring (bicyclic) bond motifs is 10. The highest BCUT2D eigenvalue weighted by molar-refractivity contribution is 5.82. The summed E-state index contributed by atoms with van der Waals surface area (Å²) in [4.78, 5) is 0. The maximum Gasteiger partial charge on any atom is 0.0215 e. The fourth-order valence-electron chi connectivity index (χ4n) is 8.20. The first-order chi connectivity index (χ1) is 18.7. The third-order valence-corrected chi connectivity index (χ3v) is 9.76. The molecule has 0 heteroatoms. The van der Waals surface area contributed by atoms with Crippen LogP contribution in [0.2, 0.25) is 0 Å². The lowest BCUT2D eigenvalue weighted by Gasteiger charge is -2.35. The van der Waals surface area contributed by atoms with Gasteiger partial charge in [0.2, 0.25) is 0 Å². The fraction of sp³-hybridized carbons (Fsp3) is 0.368. The van der Waals surface area contributed by atoms with E-state index in [-0.39, 0.29) is 0 Å². The van der Waals surface area contributed by atoms with E-state index >= 15 is 0 Å². The van der Waals surface area contributed by atoms with Crippen molar-refractivity contribution >= 4 is 0 Å². The summed E-state index contributed by atoms with van der Waals surface area (Å²) in [6.45, 7) is 6.21. The van der Waals surface area contributed by atoms with Crippen LogP contribution in [0.15, 0.2) is 91.0 Å². The van der Waals surface area contributed by atoms with Gasteiger partial charge in [-0.25, -0.2) is 0 Å². The molecule has 0 amide bonds. The molecule has 0 saturated heterocycles. The molecule has 0 aromatic heterocycles. The Labute approximate surface area is 230 Å². The molecule has 38 heavy (non-hydrogen) atoms. The molecule has 0 unspecified atom stereocenters. The molecule has 0 N–H and O–H groups in total. The average molecular weight is 499 g/mol. The van der Waals surface area contributed by atoms with E-state index in [1.54, 1.807) is 22.3 Å². The third-order valence-electron chi connectivity index (χ3n) is 9.76. The van der Waals surface area contributed by atoms with Crippen LogP contribution in [0.25, 0.3) is 22.3 Å². The Balaban J connectivity index is 0.000000131. The number of hydrogen-bond acceptors (Lipinski definition) is 0. The van der Waals surface area contributed by atoms with Crippen molar-refractivity contribution in [2.24, 2.45) is 0 Å². The summed E-state index contributed by atoms with van der Waals surface area (Å²) >= 11 is 0. The minimum atomic E-state index is 0.339. The van der Waals surface area contributed by atoms with Crippen LogP contribution in [0.4, 0.5) is 0 Å². The van der Waals surface area contributed by atoms with Crippen molar-refractivity contribution in [3.05, 3.63) is 119 Å². The summed E-state index contributed by atoms with van der Waals surface area (Å²) in [5, 5.41) is 0. The minimum absolute atomic E-state index is 0.339. The van der Waals surface area contributed by atoms with Crippen molar-refractivity contribution in [2.45, 2.75) is 89.4 Å². The maximum atomic E-state index is 2.43. The van der Waals surface area contributed by atoms with Crippen molar-refractivity contribution < 1.29 is 0 Å². The lowest BCUT2D eigenvalue weighted by molar-refractivity contribution is 0.353. The van der Waals surface area contributed by atoms with Gasteiger partial charge in [0, 0.05) is 10.8 Å². The van der Waals surface area contributed by atoms with Gasteiger partial charge in [-0.15, -0.1) is 0 Å². The van der Waals surface area contributed by atoms with Crippen LogP contribution >= 0.6 is 0 Å². The van der Waals surface area contributed by atoms with Crippen molar-refractivity contribution in [3.8, 4) is 22.3 Å². The largest absolute Gasteiger partial charge is 0.0683 e. The molecule has 194 valence electrons. The molecular formula is C38H42. The molecule has 0 nitrogen and oxygen atoms in total. The number of benzene rings is 4. The van der Waals surface area contributed by atoms with Gasteiger partial charge in [-0.05, 0) is 77.1 Å². The third kappa shape index (κ3) is 3.79. The molecule has 2 spiro atoms. The fourth-order valence-corrected chi connectivity index (χ4v) is 8.20. The topological polar surface area (TPSA) is 0 Å². The first kappa shape index (κ1) is 25.2. The number of aryl methyl sites for hydroxylation is 1. The zero-order valence-corrected chi connectivity index (χ0v) is 23.5. The van der Waals surface area contributed by atoms with Crippen molar-refractivity contribution in [1.82, 2.24) is 0 Å². The Morgan fingerprint density at radius 1 is 0.421 bits per heavy atom. The SMILES string of the molecule is CC.Cc1ccc2c(c1)C1(CCCC1)c1ccccc1-2.c1ccc2c(c1)-c1ccccc1C21CCCCC1. The van der Waals surface area contributed by atoms with Crippen LogP contribution in [0.3, 0.4) is 0 Å². The molecule has 0 radical (unpaired) electrons. The minimum Gasteiger partial charge on any atom is -0.0683 e. The van der Waals surface area contributed by atoms with Gasteiger partial charge >= 0.3 is 0 Å². The van der Waals surface area contributed by atoms with Crippen LogP contribution in [0, 0.1) is 6.92 Å². The van der Waals surface area contributed by atoms with Crippen LogP contribution in [0.5, 0.6) is 0 Å². The molecular weight excluding hydrogens is 456 g/mol. The van der Waals surface area contributed by atoms with Gasteiger partial charge in [-0.2, -0.15) is 0 Å². The van der Waals surface area contributed by atoms with Crippen molar-refractivity contribution in [3.63, 3.8) is 0 Å². The Kier molecular flexibility index (Phi) is 6.77. The van der Waals surface area contributed by atoms with Gasteiger partial charge in [-0.3, -0.25) is 0 Å². The summed E-state index contributed by atoms with van der Waals surface area (Å²) in [7, 11) is 0. The monoisotopic (exact) mass is 498 g/mol. The van der Waals surface area contributed by atoms with Crippen LogP contribution in [0.1, 0.15) is 99.5 Å². The first-order valence-corrected chi connectivity index (χ1v) is 15.1. The molecule has 4 aromatic rings. The van der Waals surface area contributed by atoms with Gasteiger partial charge in [0.25, 0.3) is 0 Å². The van der Waals surface area contributed by atoms with E-state index in [1.807, 2.05) is 13.8 Å². The molecule has 0 atom stereocenters. The highest BCUT2D eigenvalue weighted by Crippen LogP contribution is 2.57. The lowest BCUT2D eigenvalue weighted by Crippen LogP contribution is -2.27. The predicted octanol–water partition coefficient (Wildman–Crippen LogP) is 10.8. The van der Waals surface area contributed by atoms with E-state index in [0.717, 1.165) is 0 Å². The highest BCUT2D eigenvalue weighted by atomic mass is 14.5. The van der Waals surface area contributed by atoms with E-state index in [9.17, 15) is 0 Å². The Morgan fingerprint density at radius 3 is 1.26 bits per heavy atom. The zero-order chi connectivity index (χ0) is 26.2. The van der Waals surface area contributed by atoms with Crippen LogP contribution in [-0.2, 0) is 10.8 Å². The lowest BCUT2D eigenvalue weighted by atomic mass is 9.68. The smallest absolute Gasteiger partial charge is 0.0215 e. The Morgan fingerprint density at radius 2 is 0.789 bits per heavy atom. The second-order valence-electron chi connectivity index (χ2n) is 11.6. The van der Waals surface area contributed by atoms with Gasteiger partial charge < -0.3 is 0 Å². The van der Waals surface area contributed by atoms with E-state index in [4.69, 9.17) is 0 Å². The zero-order valence-electron chi connectivity index (χ0n) is 23.5. The number of rotatable bonds is 0. The Bertz CT molecular complexity index is 1380. The summed E-state index contributed by atoms with van der Waals surface area (Å²) < 4.78 is 0. The van der Waals surface area contributed by atoms with E-state index in [2.05, 4.69) is 97.9 Å². The van der Waals surface area contributed by atoms with Crippen LogP contribution < -0.4 is 0 Å². The molecule has 4 aliphatic carbocycles. The first-order valence-electron chi connectivity index (χ1n) is 15.1. The van der Waals surface area contributed by atoms with Crippen molar-refractivity contribution in [1.29, 1.82) is 0 Å². The van der Waals surface area contributed by atoms with Gasteiger partial charge in [0.1, 0.15) is 0 Å². The summed E-state index contributed by atoms with van der Waals surface area (Å²) in [5.74, 6) is 0. The van der Waals surface area contributed by atoms with Crippen molar-refractivity contribution in [2.75, 3.05) is 0 Å². The average Bonchev–Trinajstić information content (AvgIpc) is 3.66. The van der Waals surface area contributed by atoms with Gasteiger partial charge in [0.05, 0.1) is 0 Å². The Hall–Kier alpha value is -3.12. The molecule has 0 bridgehead atoms. The second kappa shape index (κ2) is 10.2. The molecule has 0 aliphatic heterocycles. The summed E-state index contributed by atoms with van der Waals surface area (Å²) in [6.07, 6.45) is 12.3. The quantitative estimate of drug-likeness (QED) is 0.226. The highest BCUT2D eigenvalue weighted by Gasteiger charge is 2.45. The van der Waals surface area contributed by atoms with Gasteiger partial charge in [-0.1, -0.05) is 143 Å². The van der Waals surface area contributed by atoms with E-state index in [1.165, 1.54) is 85.6 Å². The molecule has 4 aliphatic rings. The number of hydrogen-bond donors (Lipinski definition) is 0. The summed E-state index contributed by atoms with van der Waals surface area (Å²) in [5.41, 5.74) is 14.4. The van der Waals surface area contributed by atoms with Crippen LogP contribution in [-0.4, -0.2) is 0 Å². The standard InChI is InChI=1S/2C18H18.C2H6/c1-6-12-18(13-7-1)16-10-4-2-8-14(16)15-9-3-5-11-17(15)18;1-13-8-9-15-14-6-2-3-7-16(14)18(17(15)12-13)10-4-5-11-18;1-2/h2-5,8-11H,1,6-7,12-13H2;2-3,6-9,12H,4-5,10-11H2,1H3;1-2H3. The predicted molar refractivity (Wildman–Crippen MR) is 163 cm³/mol. The normalized spacial score (nSPS) is 18.4. The summed E-state index contributed by atoms with van der Waals surface area (Å²) in [6, 6.07) is 34.2. The van der Waals surface area contributed by atoms with E-state index < -0.39 is 0 Å². The second-order valence-corrected chi connectivity index (χ2v) is 11.6. The van der Waals surface area contributed by atoms with Gasteiger partial charge in [0.15, 0.2) is 0 Å². The maximum absolute atomic E-state index is 2.43. The molecule has 2 fully saturated rings. The molecule has 8 rings (SSSR count). The molecule has 2 saturated carbocycles. The molecule has 0 heterocycles. The molecule has 4 aromatic carbocycles.